The summed E-state index contributed by atoms with van der Waals surface area (Å²) in [4.78, 5) is 0. The smallest absolute Gasteiger partial charge is 0.174 e. The van der Waals surface area contributed by atoms with Crippen LogP contribution in [-0.2, 0) is 18.9 Å². The minimum atomic E-state index is -0.301. The van der Waals surface area contributed by atoms with Crippen molar-refractivity contribution >= 4 is 0 Å². The van der Waals surface area contributed by atoms with E-state index in [4.69, 9.17) is 18.9 Å². The van der Waals surface area contributed by atoms with Crippen LogP contribution in [0, 0.1) is 28.6 Å². The first-order valence-electron chi connectivity index (χ1n) is 11.3. The summed E-state index contributed by atoms with van der Waals surface area (Å²) >= 11 is 0. The largest absolute Gasteiger partial charge is 0.347 e. The molecule has 4 nitrogen and oxygen atoms in total. The first-order chi connectivity index (χ1) is 13.0. The summed E-state index contributed by atoms with van der Waals surface area (Å²) < 4.78 is 24.7. The normalized spacial score (nSPS) is 49.7. The first-order valence-corrected chi connectivity index (χ1v) is 11.3. The zero-order chi connectivity index (χ0) is 18.3. The second-order valence-corrected chi connectivity index (χ2v) is 10.5. The lowest BCUT2D eigenvalue weighted by molar-refractivity contribution is -0.243. The summed E-state index contributed by atoms with van der Waals surface area (Å²) in [7, 11) is 0. The van der Waals surface area contributed by atoms with E-state index in [2.05, 4.69) is 19.9 Å². The van der Waals surface area contributed by atoms with Gasteiger partial charge in [0.05, 0.1) is 26.4 Å². The number of rotatable bonds is 0. The lowest BCUT2D eigenvalue weighted by atomic mass is 9.47. The van der Waals surface area contributed by atoms with Crippen LogP contribution in [0.4, 0.5) is 0 Å². The molecule has 3 saturated carbocycles. The monoisotopic (exact) mass is 374 g/mol. The fourth-order valence-corrected chi connectivity index (χ4v) is 8.23. The Balaban J connectivity index is 1.32. The summed E-state index contributed by atoms with van der Waals surface area (Å²) in [6.45, 7) is 8.11. The SMILES string of the molecule is C[C@]12CCC3(CC1=CCC1C2CC[C@@]2(C)C1CCC21OCCO1)OCCO3. The molecule has 0 N–H and O–H groups in total. The number of ether oxygens (including phenoxy) is 4. The third kappa shape index (κ3) is 2.14. The number of hydrogen-bond donors (Lipinski definition) is 0. The van der Waals surface area contributed by atoms with Gasteiger partial charge in [-0.3, -0.25) is 0 Å². The van der Waals surface area contributed by atoms with E-state index in [1.807, 2.05) is 0 Å². The Bertz CT molecular complexity index is 659. The van der Waals surface area contributed by atoms with Gasteiger partial charge in [-0.15, -0.1) is 0 Å². The maximum absolute atomic E-state index is 6.28. The highest BCUT2D eigenvalue weighted by atomic mass is 16.7. The van der Waals surface area contributed by atoms with Gasteiger partial charge < -0.3 is 18.9 Å². The molecule has 5 atom stereocenters. The van der Waals surface area contributed by atoms with Crippen LogP contribution in [-0.4, -0.2) is 38.0 Å². The molecule has 2 spiro atoms. The predicted molar refractivity (Wildman–Crippen MR) is 101 cm³/mol. The van der Waals surface area contributed by atoms with Gasteiger partial charge in [0.2, 0.25) is 0 Å². The van der Waals surface area contributed by atoms with Crippen LogP contribution >= 0.6 is 0 Å². The van der Waals surface area contributed by atoms with Crippen LogP contribution in [0.15, 0.2) is 11.6 Å². The van der Waals surface area contributed by atoms with Gasteiger partial charge in [0.25, 0.3) is 0 Å². The summed E-state index contributed by atoms with van der Waals surface area (Å²) in [6.07, 6.45) is 12.0. The molecule has 2 saturated heterocycles. The molecule has 27 heavy (non-hydrogen) atoms. The van der Waals surface area contributed by atoms with E-state index < -0.39 is 0 Å². The van der Waals surface area contributed by atoms with Crippen LogP contribution in [0.1, 0.15) is 65.2 Å². The standard InChI is InChI=1S/C23H34O4/c1-20-9-10-22(24-11-12-25-22)15-16(20)3-4-17-18(20)5-7-21(2)19(17)6-8-23(21)26-13-14-27-23/h3,17-19H,4-15H2,1-2H3/t17?,18?,19?,20-,21-/m0/s1. The molecule has 0 aromatic carbocycles. The minimum Gasteiger partial charge on any atom is -0.347 e. The molecule has 2 heterocycles. The van der Waals surface area contributed by atoms with Gasteiger partial charge in [-0.25, -0.2) is 0 Å². The minimum absolute atomic E-state index is 0.194. The molecule has 150 valence electrons. The van der Waals surface area contributed by atoms with Crippen molar-refractivity contribution in [1.82, 2.24) is 0 Å². The molecular formula is C23H34O4. The molecule has 6 rings (SSSR count). The van der Waals surface area contributed by atoms with E-state index in [1.54, 1.807) is 5.57 Å². The van der Waals surface area contributed by atoms with Gasteiger partial charge in [-0.2, -0.15) is 0 Å². The molecule has 0 aromatic heterocycles. The number of allylic oxidation sites excluding steroid dienone is 1. The molecule has 0 bridgehead atoms. The zero-order valence-electron chi connectivity index (χ0n) is 16.9. The van der Waals surface area contributed by atoms with E-state index in [1.165, 1.54) is 32.1 Å². The van der Waals surface area contributed by atoms with Crippen molar-refractivity contribution in [2.45, 2.75) is 76.8 Å². The maximum atomic E-state index is 6.28. The third-order valence-corrected chi connectivity index (χ3v) is 9.72. The van der Waals surface area contributed by atoms with E-state index in [-0.39, 0.29) is 17.0 Å². The molecule has 5 fully saturated rings. The summed E-state index contributed by atoms with van der Waals surface area (Å²) in [5, 5.41) is 0. The molecule has 4 aliphatic carbocycles. The van der Waals surface area contributed by atoms with Gasteiger partial charge in [-0.1, -0.05) is 25.5 Å². The van der Waals surface area contributed by atoms with Gasteiger partial charge >= 0.3 is 0 Å². The second-order valence-electron chi connectivity index (χ2n) is 10.5. The van der Waals surface area contributed by atoms with Crippen molar-refractivity contribution in [1.29, 1.82) is 0 Å². The van der Waals surface area contributed by atoms with Gasteiger partial charge in [0.1, 0.15) is 0 Å². The highest BCUT2D eigenvalue weighted by molar-refractivity contribution is 5.27. The van der Waals surface area contributed by atoms with E-state index in [0.717, 1.165) is 63.4 Å². The highest BCUT2D eigenvalue weighted by Crippen LogP contribution is 2.69. The van der Waals surface area contributed by atoms with E-state index >= 15 is 0 Å². The zero-order valence-corrected chi connectivity index (χ0v) is 16.9. The molecule has 6 aliphatic rings. The van der Waals surface area contributed by atoms with Gasteiger partial charge in [0.15, 0.2) is 11.6 Å². The number of hydrogen-bond acceptors (Lipinski definition) is 4. The van der Waals surface area contributed by atoms with Crippen molar-refractivity contribution < 1.29 is 18.9 Å². The average molecular weight is 375 g/mol. The quantitative estimate of drug-likeness (QED) is 0.588. The Labute approximate surface area is 162 Å². The van der Waals surface area contributed by atoms with Crippen molar-refractivity contribution in [2.75, 3.05) is 26.4 Å². The topological polar surface area (TPSA) is 36.9 Å². The predicted octanol–water partition coefficient (Wildman–Crippen LogP) is 4.44. The van der Waals surface area contributed by atoms with Gasteiger partial charge in [-0.05, 0) is 55.3 Å². The molecular weight excluding hydrogens is 340 g/mol. The fraction of sp³-hybridized carbons (Fsp3) is 0.913. The Morgan fingerprint density at radius 1 is 0.815 bits per heavy atom. The van der Waals surface area contributed by atoms with E-state index in [0.29, 0.717) is 5.41 Å². The number of fused-ring (bicyclic) bond motifs is 6. The van der Waals surface area contributed by atoms with Crippen LogP contribution < -0.4 is 0 Å². The van der Waals surface area contributed by atoms with Crippen molar-refractivity contribution in [3.63, 3.8) is 0 Å². The molecule has 2 aliphatic heterocycles. The summed E-state index contributed by atoms with van der Waals surface area (Å²) in [6, 6.07) is 0. The fourth-order valence-electron chi connectivity index (χ4n) is 8.23. The van der Waals surface area contributed by atoms with Crippen LogP contribution in [0.25, 0.3) is 0 Å². The van der Waals surface area contributed by atoms with Crippen molar-refractivity contribution in [3.05, 3.63) is 11.6 Å². The Kier molecular flexibility index (Phi) is 3.61. The lowest BCUT2D eigenvalue weighted by Crippen LogP contribution is -2.55. The van der Waals surface area contributed by atoms with Crippen molar-refractivity contribution in [2.24, 2.45) is 28.6 Å². The Morgan fingerprint density at radius 3 is 2.30 bits per heavy atom. The maximum Gasteiger partial charge on any atom is 0.174 e. The average Bonchev–Trinajstić information content (AvgIpc) is 3.38. The Hall–Kier alpha value is -0.420. The first kappa shape index (κ1) is 17.4. The summed E-state index contributed by atoms with van der Waals surface area (Å²) in [5.41, 5.74) is 2.15. The molecule has 0 radical (unpaired) electrons. The lowest BCUT2D eigenvalue weighted by Gasteiger charge is -2.59. The molecule has 0 aromatic rings. The molecule has 4 heteroatoms. The van der Waals surface area contributed by atoms with Crippen LogP contribution in [0.3, 0.4) is 0 Å². The van der Waals surface area contributed by atoms with Crippen LogP contribution in [0.5, 0.6) is 0 Å². The Morgan fingerprint density at radius 2 is 1.52 bits per heavy atom. The molecule has 3 unspecified atom stereocenters. The summed E-state index contributed by atoms with van der Waals surface area (Å²) in [5.74, 6) is 1.73. The van der Waals surface area contributed by atoms with E-state index in [9.17, 15) is 0 Å². The van der Waals surface area contributed by atoms with Crippen molar-refractivity contribution in [3.8, 4) is 0 Å². The van der Waals surface area contributed by atoms with Crippen LogP contribution in [0.2, 0.25) is 0 Å². The van der Waals surface area contributed by atoms with Gasteiger partial charge in [0, 0.05) is 24.7 Å². The molecule has 0 amide bonds. The second kappa shape index (κ2) is 5.59. The third-order valence-electron chi connectivity index (χ3n) is 9.72. The highest BCUT2D eigenvalue weighted by Gasteiger charge is 2.67.